The Balaban J connectivity index is 2.07. The number of hydrogen-bond acceptors (Lipinski definition) is 1. The molecule has 0 aliphatic heterocycles. The van der Waals surface area contributed by atoms with Crippen molar-refractivity contribution >= 4 is 27.7 Å². The fourth-order valence-electron chi connectivity index (χ4n) is 4.05. The third-order valence-corrected chi connectivity index (χ3v) is 5.89. The van der Waals surface area contributed by atoms with Crippen LogP contribution in [0.15, 0.2) is 54.6 Å². The summed E-state index contributed by atoms with van der Waals surface area (Å²) in [5.74, 6) is 0.0523. The molecular formula is C25H26N2O. The maximum absolute atomic E-state index is 12.1. The Kier molecular flexibility index (Phi) is 4.46. The molecule has 0 unspecified atom stereocenters. The molecule has 1 amide bonds. The quantitative estimate of drug-likeness (QED) is 0.493. The zero-order chi connectivity index (χ0) is 20.0. The molecule has 142 valence electrons. The van der Waals surface area contributed by atoms with Gasteiger partial charge in [-0.25, -0.2) is 0 Å². The lowest BCUT2D eigenvalue weighted by atomic mass is 10.00. The summed E-state index contributed by atoms with van der Waals surface area (Å²) in [6.07, 6.45) is 0. The fourth-order valence-corrected chi connectivity index (χ4v) is 4.05. The third kappa shape index (κ3) is 2.88. The Morgan fingerprint density at radius 2 is 1.75 bits per heavy atom. The minimum atomic E-state index is -0.385. The summed E-state index contributed by atoms with van der Waals surface area (Å²) in [6.45, 7) is 9.48. The largest absolute Gasteiger partial charge is 0.366 e. The van der Waals surface area contributed by atoms with Gasteiger partial charge in [0.2, 0.25) is 5.91 Å². The van der Waals surface area contributed by atoms with E-state index < -0.39 is 0 Å². The highest BCUT2D eigenvalue weighted by Crippen LogP contribution is 2.34. The number of rotatable bonds is 4. The van der Waals surface area contributed by atoms with Gasteiger partial charge in [-0.2, -0.15) is 0 Å². The van der Waals surface area contributed by atoms with Gasteiger partial charge < -0.3 is 10.3 Å². The molecule has 0 spiro atoms. The van der Waals surface area contributed by atoms with E-state index in [1.807, 2.05) is 12.1 Å². The molecule has 4 rings (SSSR count). The molecule has 0 fully saturated rings. The zero-order valence-electron chi connectivity index (χ0n) is 16.9. The molecule has 2 N–H and O–H groups in total. The lowest BCUT2D eigenvalue weighted by Gasteiger charge is -2.13. The van der Waals surface area contributed by atoms with Crippen molar-refractivity contribution in [3.63, 3.8) is 0 Å². The molecule has 3 heteroatoms. The number of hydrogen-bond donors (Lipinski definition) is 1. The van der Waals surface area contributed by atoms with E-state index in [0.717, 1.165) is 28.4 Å². The molecular weight excluding hydrogens is 344 g/mol. The number of primary amides is 1. The number of aryl methyl sites for hydroxylation is 1. The van der Waals surface area contributed by atoms with Crippen LogP contribution in [0.25, 0.3) is 21.8 Å². The van der Waals surface area contributed by atoms with Gasteiger partial charge in [-0.3, -0.25) is 4.79 Å². The Labute approximate surface area is 165 Å². The molecule has 0 saturated carbocycles. The number of carbonyl (C=O) groups is 1. The van der Waals surface area contributed by atoms with Crippen molar-refractivity contribution in [3.05, 3.63) is 82.4 Å². The number of fused-ring (bicyclic) bond motifs is 3. The topological polar surface area (TPSA) is 48.0 Å². The number of amides is 1. The first-order valence-electron chi connectivity index (χ1n) is 9.78. The predicted octanol–water partition coefficient (Wildman–Crippen LogP) is 5.68. The lowest BCUT2D eigenvalue weighted by molar-refractivity contribution is 0.100. The van der Waals surface area contributed by atoms with Crippen molar-refractivity contribution in [1.29, 1.82) is 0 Å². The van der Waals surface area contributed by atoms with E-state index in [-0.39, 0.29) is 5.91 Å². The van der Waals surface area contributed by atoms with Crippen LogP contribution in [0, 0.1) is 13.8 Å². The molecule has 0 aliphatic rings. The van der Waals surface area contributed by atoms with Crippen molar-refractivity contribution in [2.24, 2.45) is 5.73 Å². The zero-order valence-corrected chi connectivity index (χ0v) is 16.9. The normalized spacial score (nSPS) is 11.6. The van der Waals surface area contributed by atoms with Gasteiger partial charge in [0, 0.05) is 28.4 Å². The van der Waals surface area contributed by atoms with Crippen LogP contribution in [-0.4, -0.2) is 10.5 Å². The summed E-state index contributed by atoms with van der Waals surface area (Å²) < 4.78 is 2.32. The highest BCUT2D eigenvalue weighted by molar-refractivity contribution is 6.18. The van der Waals surface area contributed by atoms with Gasteiger partial charge in [-0.05, 0) is 60.2 Å². The lowest BCUT2D eigenvalue weighted by Crippen LogP contribution is -2.11. The monoisotopic (exact) mass is 370 g/mol. The average Bonchev–Trinajstić information content (AvgIpc) is 2.98. The summed E-state index contributed by atoms with van der Waals surface area (Å²) in [7, 11) is 0. The molecule has 0 saturated heterocycles. The minimum absolute atomic E-state index is 0.385. The summed E-state index contributed by atoms with van der Waals surface area (Å²) >= 11 is 0. The standard InChI is InChI=1S/C25H26N2O/c1-15(2)18-11-12-20-23(13-18)27(14-19-8-5-7-16(3)17(19)4)22-10-6-9-21(24(20)22)25(26)28/h5-13,15H,14H2,1-4H3,(H2,26,28). The van der Waals surface area contributed by atoms with Gasteiger partial charge >= 0.3 is 0 Å². The molecule has 1 heterocycles. The van der Waals surface area contributed by atoms with Crippen LogP contribution < -0.4 is 5.73 Å². The van der Waals surface area contributed by atoms with Crippen molar-refractivity contribution in [2.45, 2.75) is 40.2 Å². The summed E-state index contributed by atoms with van der Waals surface area (Å²) in [4.78, 5) is 12.1. The van der Waals surface area contributed by atoms with E-state index in [4.69, 9.17) is 5.73 Å². The Morgan fingerprint density at radius 3 is 2.46 bits per heavy atom. The first kappa shape index (κ1) is 18.3. The second kappa shape index (κ2) is 6.83. The summed E-state index contributed by atoms with van der Waals surface area (Å²) in [5, 5.41) is 2.03. The van der Waals surface area contributed by atoms with E-state index >= 15 is 0 Å². The molecule has 3 nitrogen and oxygen atoms in total. The SMILES string of the molecule is Cc1cccc(Cn2c3cc(C(C)C)ccc3c3c(C(N)=O)cccc32)c1C. The Hall–Kier alpha value is -3.07. The number of carbonyl (C=O) groups excluding carboxylic acids is 1. The number of nitrogens with two attached hydrogens (primary N) is 1. The van der Waals surface area contributed by atoms with Gasteiger partial charge in [0.1, 0.15) is 0 Å². The van der Waals surface area contributed by atoms with Gasteiger partial charge in [0.25, 0.3) is 0 Å². The van der Waals surface area contributed by atoms with Crippen LogP contribution in [0.3, 0.4) is 0 Å². The molecule has 0 atom stereocenters. The highest BCUT2D eigenvalue weighted by atomic mass is 16.1. The van der Waals surface area contributed by atoms with Crippen LogP contribution in [0.2, 0.25) is 0 Å². The smallest absolute Gasteiger partial charge is 0.249 e. The van der Waals surface area contributed by atoms with Crippen molar-refractivity contribution < 1.29 is 4.79 Å². The molecule has 0 bridgehead atoms. The van der Waals surface area contributed by atoms with Crippen molar-refractivity contribution in [1.82, 2.24) is 4.57 Å². The second-order valence-corrected chi connectivity index (χ2v) is 7.94. The fraction of sp³-hybridized carbons (Fsp3) is 0.240. The van der Waals surface area contributed by atoms with Crippen LogP contribution in [0.5, 0.6) is 0 Å². The van der Waals surface area contributed by atoms with E-state index in [2.05, 4.69) is 74.7 Å². The van der Waals surface area contributed by atoms with Gasteiger partial charge in [0.15, 0.2) is 0 Å². The number of nitrogens with zero attached hydrogens (tertiary/aromatic N) is 1. The Morgan fingerprint density at radius 1 is 1.00 bits per heavy atom. The summed E-state index contributed by atoms with van der Waals surface area (Å²) in [5.41, 5.74) is 13.7. The van der Waals surface area contributed by atoms with Crippen LogP contribution in [0.4, 0.5) is 0 Å². The minimum Gasteiger partial charge on any atom is -0.366 e. The Bertz CT molecular complexity index is 1210. The third-order valence-electron chi connectivity index (χ3n) is 5.89. The maximum atomic E-state index is 12.1. The van der Waals surface area contributed by atoms with Crippen LogP contribution in [0.1, 0.15) is 52.4 Å². The molecule has 1 aromatic heterocycles. The second-order valence-electron chi connectivity index (χ2n) is 7.94. The number of benzene rings is 3. The van der Waals surface area contributed by atoms with E-state index in [1.54, 1.807) is 0 Å². The first-order chi connectivity index (χ1) is 13.4. The molecule has 0 radical (unpaired) electrons. The van der Waals surface area contributed by atoms with E-state index in [0.29, 0.717) is 11.5 Å². The van der Waals surface area contributed by atoms with E-state index in [1.165, 1.54) is 22.3 Å². The number of aromatic nitrogens is 1. The summed E-state index contributed by atoms with van der Waals surface area (Å²) in [6, 6.07) is 18.8. The molecule has 3 aromatic carbocycles. The van der Waals surface area contributed by atoms with Gasteiger partial charge in [-0.1, -0.05) is 50.2 Å². The van der Waals surface area contributed by atoms with Crippen LogP contribution in [-0.2, 0) is 6.54 Å². The highest BCUT2D eigenvalue weighted by Gasteiger charge is 2.18. The van der Waals surface area contributed by atoms with Crippen LogP contribution >= 0.6 is 0 Å². The average molecular weight is 370 g/mol. The van der Waals surface area contributed by atoms with E-state index in [9.17, 15) is 4.79 Å². The molecule has 28 heavy (non-hydrogen) atoms. The van der Waals surface area contributed by atoms with Crippen molar-refractivity contribution in [2.75, 3.05) is 0 Å². The molecule has 4 aromatic rings. The maximum Gasteiger partial charge on any atom is 0.249 e. The predicted molar refractivity (Wildman–Crippen MR) is 117 cm³/mol. The van der Waals surface area contributed by atoms with Crippen molar-refractivity contribution in [3.8, 4) is 0 Å². The van der Waals surface area contributed by atoms with Gasteiger partial charge in [-0.15, -0.1) is 0 Å². The van der Waals surface area contributed by atoms with Gasteiger partial charge in [0.05, 0.1) is 5.52 Å². The first-order valence-corrected chi connectivity index (χ1v) is 9.78. The molecule has 0 aliphatic carbocycles.